The van der Waals surface area contributed by atoms with Gasteiger partial charge in [0, 0.05) is 54.9 Å². The number of rotatable bonds is 9. The number of aromatic nitrogens is 6. The molecular weight excluding hydrogens is 529 g/mol. The van der Waals surface area contributed by atoms with Gasteiger partial charge in [0.25, 0.3) is 6.33 Å². The third-order valence-corrected chi connectivity index (χ3v) is 6.59. The molecule has 0 aliphatic rings. The number of nitrogens with zero attached hydrogens (tertiary/aromatic N) is 7. The summed E-state index contributed by atoms with van der Waals surface area (Å²) in [4.78, 5) is 25.7. The van der Waals surface area contributed by atoms with Crippen molar-refractivity contribution >= 4 is 11.9 Å². The Kier molecular flexibility index (Phi) is 8.40. The van der Waals surface area contributed by atoms with Crippen LogP contribution in [0.25, 0.3) is 0 Å². The van der Waals surface area contributed by atoms with Gasteiger partial charge in [-0.25, -0.2) is 32.9 Å². The predicted octanol–water partition coefficient (Wildman–Crippen LogP) is 2.71. The lowest BCUT2D eigenvalue weighted by Gasteiger charge is -2.32. The lowest BCUT2D eigenvalue weighted by Crippen LogP contribution is -2.42. The fourth-order valence-corrected chi connectivity index (χ4v) is 4.28. The average molecular weight is 558 g/mol. The quantitative estimate of drug-likeness (QED) is 0.300. The molecule has 0 aliphatic heterocycles. The number of carbonyl (C=O) groups excluding carboxylic acids is 1. The van der Waals surface area contributed by atoms with Gasteiger partial charge in [0.1, 0.15) is 35.9 Å². The number of aliphatic hydroxyl groups is 1. The monoisotopic (exact) mass is 557 g/mol. The zero-order valence-electron chi connectivity index (χ0n) is 21.9. The maximum absolute atomic E-state index is 14.9. The summed E-state index contributed by atoms with van der Waals surface area (Å²) in [6, 6.07) is 6.16. The highest BCUT2D eigenvalue weighted by atomic mass is 19.1. The number of hydrogen-bond acceptors (Lipinski definition) is 8. The van der Waals surface area contributed by atoms with E-state index in [1.165, 1.54) is 47.0 Å². The van der Waals surface area contributed by atoms with Gasteiger partial charge in [-0.15, -0.1) is 4.68 Å². The third-order valence-electron chi connectivity index (χ3n) is 6.59. The molecule has 0 fully saturated rings. The van der Waals surface area contributed by atoms with E-state index < -0.39 is 41.3 Å². The van der Waals surface area contributed by atoms with Gasteiger partial charge >= 0.3 is 6.09 Å². The van der Waals surface area contributed by atoms with Crippen LogP contribution in [0.1, 0.15) is 42.8 Å². The predicted molar refractivity (Wildman–Crippen MR) is 135 cm³/mol. The van der Waals surface area contributed by atoms with Crippen molar-refractivity contribution in [3.63, 3.8) is 0 Å². The van der Waals surface area contributed by atoms with Crippen molar-refractivity contribution in [3.05, 3.63) is 96.0 Å². The second-order valence-corrected chi connectivity index (χ2v) is 9.15. The highest BCUT2D eigenvalue weighted by Crippen LogP contribution is 2.39. The zero-order chi connectivity index (χ0) is 29.0. The highest BCUT2D eigenvalue weighted by molar-refractivity contribution is 5.86. The summed E-state index contributed by atoms with van der Waals surface area (Å²) in [6.45, 7) is 2.83. The van der Waals surface area contributed by atoms with Gasteiger partial charge in [0.15, 0.2) is 5.82 Å². The maximum atomic E-state index is 14.9. The van der Waals surface area contributed by atoms with Crippen LogP contribution in [0, 0.1) is 17.5 Å². The van der Waals surface area contributed by atoms with E-state index in [4.69, 9.17) is 10.5 Å². The number of nitrogens with two attached hydrogens (primary N) is 1. The molecular formula is C26H28F3N8O3+. The molecule has 3 heterocycles. The first-order chi connectivity index (χ1) is 19.0. The first-order valence-corrected chi connectivity index (χ1v) is 12.2. The molecule has 0 radical (unpaired) electrons. The Morgan fingerprint density at radius 2 is 2.00 bits per heavy atom. The zero-order valence-corrected chi connectivity index (χ0v) is 21.9. The van der Waals surface area contributed by atoms with Crippen LogP contribution >= 0.6 is 0 Å². The lowest BCUT2D eigenvalue weighted by molar-refractivity contribution is -0.753. The van der Waals surface area contributed by atoms with Gasteiger partial charge < -0.3 is 15.6 Å². The maximum Gasteiger partial charge on any atom is 0.418 e. The molecule has 0 bridgehead atoms. The summed E-state index contributed by atoms with van der Waals surface area (Å²) in [5.41, 5.74) is 3.80. The molecule has 1 aromatic carbocycles. The summed E-state index contributed by atoms with van der Waals surface area (Å²) in [5, 5.41) is 16.0. The van der Waals surface area contributed by atoms with E-state index in [2.05, 4.69) is 20.1 Å². The number of pyridine rings is 1. The Morgan fingerprint density at radius 1 is 1.23 bits per heavy atom. The second kappa shape index (κ2) is 11.8. The van der Waals surface area contributed by atoms with Crippen molar-refractivity contribution in [3.8, 4) is 0 Å². The Bertz CT molecular complexity index is 1500. The minimum Gasteiger partial charge on any atom is -0.412 e. The average Bonchev–Trinajstić information content (AvgIpc) is 3.40. The molecule has 3 aromatic heterocycles. The smallest absolute Gasteiger partial charge is 0.412 e. The molecule has 2 unspecified atom stereocenters. The number of halogens is 3. The molecule has 210 valence electrons. The van der Waals surface area contributed by atoms with E-state index in [0.29, 0.717) is 17.4 Å². The number of carbonyl (C=O) groups is 1. The first kappa shape index (κ1) is 28.6. The largest absolute Gasteiger partial charge is 0.418 e. The molecule has 3 atom stereocenters. The van der Waals surface area contributed by atoms with Crippen molar-refractivity contribution in [1.82, 2.24) is 24.7 Å². The van der Waals surface area contributed by atoms with Crippen LogP contribution in [-0.2, 0) is 23.4 Å². The van der Waals surface area contributed by atoms with E-state index in [1.807, 2.05) is 0 Å². The number of benzene rings is 1. The van der Waals surface area contributed by atoms with Crippen molar-refractivity contribution in [2.75, 3.05) is 11.9 Å². The number of ether oxygens (including phenoxy) is 1. The minimum atomic E-state index is -2.13. The molecule has 40 heavy (non-hydrogen) atoms. The van der Waals surface area contributed by atoms with Crippen molar-refractivity contribution < 1.29 is 32.4 Å². The minimum absolute atomic E-state index is 0.169. The SMILES string of the molecule is CC(OC(=O)N(C)c1ncccc1CN)[n+]1cnn(CC(O)(c2ccc(F)cc2F)[C@@H](C)c2ncncc2F)c1. The van der Waals surface area contributed by atoms with E-state index in [9.17, 15) is 23.1 Å². The normalized spacial score (nSPS) is 14.3. The van der Waals surface area contributed by atoms with E-state index >= 15 is 0 Å². The number of anilines is 1. The molecule has 0 saturated heterocycles. The fraction of sp³-hybridized carbons (Fsp3) is 0.308. The summed E-state index contributed by atoms with van der Waals surface area (Å²) in [5.74, 6) is -3.44. The van der Waals surface area contributed by atoms with Crippen LogP contribution in [0.4, 0.5) is 23.8 Å². The van der Waals surface area contributed by atoms with Gasteiger partial charge in [-0.1, -0.05) is 19.1 Å². The van der Waals surface area contributed by atoms with Gasteiger partial charge in [-0.05, 0) is 12.1 Å². The Hall–Kier alpha value is -4.43. The molecule has 3 N–H and O–H groups in total. The molecule has 14 heteroatoms. The number of amides is 1. The summed E-state index contributed by atoms with van der Waals surface area (Å²) >= 11 is 0. The first-order valence-electron chi connectivity index (χ1n) is 12.2. The van der Waals surface area contributed by atoms with Gasteiger partial charge in [-0.2, -0.15) is 4.57 Å². The Morgan fingerprint density at radius 3 is 2.70 bits per heavy atom. The molecule has 11 nitrogen and oxygen atoms in total. The van der Waals surface area contributed by atoms with Gasteiger partial charge in [0.2, 0.25) is 12.6 Å². The lowest BCUT2D eigenvalue weighted by atomic mass is 9.79. The Labute approximate surface area is 227 Å². The topological polar surface area (TPSA) is 136 Å². The van der Waals surface area contributed by atoms with Gasteiger partial charge in [-0.3, -0.25) is 4.90 Å². The fourth-order valence-electron chi connectivity index (χ4n) is 4.28. The van der Waals surface area contributed by atoms with Crippen LogP contribution in [0.15, 0.2) is 61.7 Å². The second-order valence-electron chi connectivity index (χ2n) is 9.15. The van der Waals surface area contributed by atoms with E-state index in [1.54, 1.807) is 19.1 Å². The molecule has 0 saturated carbocycles. The van der Waals surface area contributed by atoms with Crippen LogP contribution in [0.5, 0.6) is 0 Å². The molecule has 4 aromatic rings. The molecule has 4 rings (SSSR count). The highest BCUT2D eigenvalue weighted by Gasteiger charge is 2.43. The summed E-state index contributed by atoms with van der Waals surface area (Å²) in [6.07, 6.45) is 4.74. The molecule has 0 spiro atoms. The van der Waals surface area contributed by atoms with Crippen molar-refractivity contribution in [2.45, 2.75) is 44.7 Å². The van der Waals surface area contributed by atoms with Crippen molar-refractivity contribution in [2.24, 2.45) is 5.73 Å². The molecule has 1 amide bonds. The Balaban J connectivity index is 1.59. The summed E-state index contributed by atoms with van der Waals surface area (Å²) in [7, 11) is 1.50. The van der Waals surface area contributed by atoms with Crippen LogP contribution in [-0.4, -0.2) is 43.0 Å². The number of hydrogen-bond donors (Lipinski definition) is 2. The van der Waals surface area contributed by atoms with Crippen molar-refractivity contribution in [1.29, 1.82) is 0 Å². The van der Waals surface area contributed by atoms with Crippen LogP contribution in [0.2, 0.25) is 0 Å². The standard InChI is InChI=1S/C26H28F3N8O3/c1-16(23-22(29)11-31-13-33-23)26(39,20-7-6-19(27)9-21(20)28)12-37-15-36(14-34-37)17(2)40-25(38)35(3)24-18(10-30)5-4-8-32-24/h4-9,11,13-17,39H,10,12,30H2,1-3H3/q+1/t16-,17?,26?/m0/s1. The molecule has 0 aliphatic carbocycles. The van der Waals surface area contributed by atoms with E-state index in [0.717, 1.165) is 24.7 Å². The van der Waals surface area contributed by atoms with Gasteiger partial charge in [0.05, 0.1) is 11.9 Å². The van der Waals surface area contributed by atoms with Crippen LogP contribution in [0.3, 0.4) is 0 Å². The van der Waals surface area contributed by atoms with E-state index in [-0.39, 0.29) is 24.3 Å². The van der Waals surface area contributed by atoms with Crippen LogP contribution < -0.4 is 15.2 Å². The summed E-state index contributed by atoms with van der Waals surface area (Å²) < 4.78 is 51.4. The third kappa shape index (κ3) is 5.77.